The summed E-state index contributed by atoms with van der Waals surface area (Å²) in [6.07, 6.45) is 5.71. The maximum atomic E-state index is 6.40. The van der Waals surface area contributed by atoms with E-state index in [4.69, 9.17) is 5.73 Å². The molecule has 6 heteroatoms. The second-order valence-corrected chi connectivity index (χ2v) is 6.63. The Hall–Kier alpha value is -2.89. The van der Waals surface area contributed by atoms with Crippen molar-refractivity contribution in [1.82, 2.24) is 15.0 Å². The van der Waals surface area contributed by atoms with Crippen molar-refractivity contribution in [3.05, 3.63) is 42.9 Å². The summed E-state index contributed by atoms with van der Waals surface area (Å²) < 4.78 is 0. The van der Waals surface area contributed by atoms with Crippen LogP contribution in [0.4, 0.5) is 23.0 Å². The Bertz CT molecular complexity index is 881. The Balaban J connectivity index is 1.66. The molecule has 0 atom stereocenters. The number of hydrogen-bond donors (Lipinski definition) is 2. The van der Waals surface area contributed by atoms with Crippen molar-refractivity contribution in [3.8, 4) is 0 Å². The summed E-state index contributed by atoms with van der Waals surface area (Å²) in [7, 11) is 0. The van der Waals surface area contributed by atoms with Crippen molar-refractivity contribution in [2.45, 2.75) is 19.8 Å². The van der Waals surface area contributed by atoms with E-state index in [-0.39, 0.29) is 0 Å². The van der Waals surface area contributed by atoms with E-state index in [2.05, 4.69) is 32.1 Å². The SMILES string of the molecule is CC1CCN(c2ncnc(Nc3cccc4ncccc34)c2N)CC1. The molecule has 3 heterocycles. The van der Waals surface area contributed by atoms with Crippen LogP contribution in [0.2, 0.25) is 0 Å². The highest BCUT2D eigenvalue weighted by atomic mass is 15.2. The van der Waals surface area contributed by atoms with E-state index in [1.165, 1.54) is 12.8 Å². The third-order valence-corrected chi connectivity index (χ3v) is 4.84. The van der Waals surface area contributed by atoms with E-state index in [9.17, 15) is 0 Å². The molecule has 1 aliphatic heterocycles. The lowest BCUT2D eigenvalue weighted by Gasteiger charge is -2.32. The number of hydrogen-bond acceptors (Lipinski definition) is 6. The van der Waals surface area contributed by atoms with Gasteiger partial charge < -0.3 is 16.0 Å². The van der Waals surface area contributed by atoms with Gasteiger partial charge >= 0.3 is 0 Å². The molecule has 0 bridgehead atoms. The Labute approximate surface area is 147 Å². The summed E-state index contributed by atoms with van der Waals surface area (Å²) in [5.41, 5.74) is 8.87. The fraction of sp³-hybridized carbons (Fsp3) is 0.316. The summed E-state index contributed by atoms with van der Waals surface area (Å²) in [6, 6.07) is 9.94. The van der Waals surface area contributed by atoms with Gasteiger partial charge in [-0.25, -0.2) is 9.97 Å². The van der Waals surface area contributed by atoms with E-state index in [0.29, 0.717) is 11.5 Å². The lowest BCUT2D eigenvalue weighted by molar-refractivity contribution is 0.437. The van der Waals surface area contributed by atoms with Crippen molar-refractivity contribution in [1.29, 1.82) is 0 Å². The second-order valence-electron chi connectivity index (χ2n) is 6.63. The van der Waals surface area contributed by atoms with Gasteiger partial charge in [-0.05, 0) is 43.0 Å². The van der Waals surface area contributed by atoms with Crippen LogP contribution in [-0.2, 0) is 0 Å². The summed E-state index contributed by atoms with van der Waals surface area (Å²) >= 11 is 0. The summed E-state index contributed by atoms with van der Waals surface area (Å²) in [5, 5.41) is 4.40. The van der Waals surface area contributed by atoms with Crippen LogP contribution in [0, 0.1) is 5.92 Å². The number of benzene rings is 1. The van der Waals surface area contributed by atoms with E-state index in [1.54, 1.807) is 12.5 Å². The Morgan fingerprint density at radius 2 is 1.92 bits per heavy atom. The Kier molecular flexibility index (Phi) is 4.09. The number of nitrogens with one attached hydrogen (secondary N) is 1. The highest BCUT2D eigenvalue weighted by Crippen LogP contribution is 2.32. The molecule has 1 saturated heterocycles. The minimum atomic E-state index is 0.595. The molecule has 2 aromatic heterocycles. The number of rotatable bonds is 3. The first-order valence-electron chi connectivity index (χ1n) is 8.68. The number of nitrogen functional groups attached to an aromatic ring is 1. The third kappa shape index (κ3) is 3.07. The van der Waals surface area contributed by atoms with Crippen LogP contribution in [0.15, 0.2) is 42.9 Å². The molecule has 0 aliphatic carbocycles. The highest BCUT2D eigenvalue weighted by Gasteiger charge is 2.20. The van der Waals surface area contributed by atoms with Gasteiger partial charge in [0.2, 0.25) is 0 Å². The molecule has 1 fully saturated rings. The number of nitrogens with two attached hydrogens (primary N) is 1. The first kappa shape index (κ1) is 15.6. The maximum Gasteiger partial charge on any atom is 0.159 e. The normalized spacial score (nSPS) is 15.5. The monoisotopic (exact) mass is 334 g/mol. The van der Waals surface area contributed by atoms with Crippen molar-refractivity contribution >= 4 is 33.9 Å². The van der Waals surface area contributed by atoms with Crippen molar-refractivity contribution in [3.63, 3.8) is 0 Å². The lowest BCUT2D eigenvalue weighted by atomic mass is 9.99. The van der Waals surface area contributed by atoms with Gasteiger partial charge in [-0.2, -0.15) is 0 Å². The van der Waals surface area contributed by atoms with E-state index >= 15 is 0 Å². The van der Waals surface area contributed by atoms with E-state index in [1.807, 2.05) is 30.3 Å². The average Bonchev–Trinajstić information content (AvgIpc) is 2.65. The quantitative estimate of drug-likeness (QED) is 0.762. The molecule has 0 amide bonds. The zero-order valence-electron chi connectivity index (χ0n) is 14.3. The van der Waals surface area contributed by atoms with Crippen molar-refractivity contribution < 1.29 is 0 Å². The van der Waals surface area contributed by atoms with Gasteiger partial charge in [0, 0.05) is 30.4 Å². The third-order valence-electron chi connectivity index (χ3n) is 4.84. The predicted octanol–water partition coefficient (Wildman–Crippen LogP) is 3.59. The molecular weight excluding hydrogens is 312 g/mol. The fourth-order valence-electron chi connectivity index (χ4n) is 3.30. The standard InChI is InChI=1S/C19H22N6/c1-13-7-10-25(11-8-13)19-17(20)18(22-12-23-19)24-16-6-2-5-15-14(16)4-3-9-21-15/h2-6,9,12-13H,7-8,10-11,20H2,1H3,(H,22,23,24). The van der Waals surface area contributed by atoms with Gasteiger partial charge in [-0.1, -0.05) is 13.0 Å². The number of nitrogens with zero attached hydrogens (tertiary/aromatic N) is 4. The molecule has 0 unspecified atom stereocenters. The van der Waals surface area contributed by atoms with Crippen LogP contribution in [0.3, 0.4) is 0 Å². The zero-order valence-corrected chi connectivity index (χ0v) is 14.3. The molecule has 4 rings (SSSR count). The molecule has 1 aromatic carbocycles. The van der Waals surface area contributed by atoms with Crippen LogP contribution >= 0.6 is 0 Å². The van der Waals surface area contributed by atoms with Crippen molar-refractivity contribution in [2.75, 3.05) is 29.0 Å². The largest absolute Gasteiger partial charge is 0.393 e. The van der Waals surface area contributed by atoms with Crippen LogP contribution < -0.4 is 16.0 Å². The van der Waals surface area contributed by atoms with Gasteiger partial charge in [-0.15, -0.1) is 0 Å². The van der Waals surface area contributed by atoms with Gasteiger partial charge in [0.25, 0.3) is 0 Å². The van der Waals surface area contributed by atoms with Gasteiger partial charge in [0.15, 0.2) is 11.6 Å². The maximum absolute atomic E-state index is 6.40. The molecule has 1 aliphatic rings. The average molecular weight is 334 g/mol. The molecule has 0 saturated carbocycles. The van der Waals surface area contributed by atoms with Gasteiger partial charge in [0.05, 0.1) is 5.52 Å². The summed E-state index contributed by atoms with van der Waals surface area (Å²) in [5.74, 6) is 2.22. The molecular formula is C19H22N6. The fourth-order valence-corrected chi connectivity index (χ4v) is 3.30. The van der Waals surface area contributed by atoms with Crippen LogP contribution in [-0.4, -0.2) is 28.0 Å². The van der Waals surface area contributed by atoms with Gasteiger partial charge in [0.1, 0.15) is 12.0 Å². The van der Waals surface area contributed by atoms with Crippen LogP contribution in [0.5, 0.6) is 0 Å². The first-order chi connectivity index (χ1) is 12.2. The molecule has 6 nitrogen and oxygen atoms in total. The number of anilines is 4. The molecule has 128 valence electrons. The molecule has 3 aromatic rings. The number of piperidine rings is 1. The van der Waals surface area contributed by atoms with Gasteiger partial charge in [-0.3, -0.25) is 4.98 Å². The minimum absolute atomic E-state index is 0.595. The van der Waals surface area contributed by atoms with E-state index < -0.39 is 0 Å². The summed E-state index contributed by atoms with van der Waals surface area (Å²) in [6.45, 7) is 4.27. The van der Waals surface area contributed by atoms with Crippen LogP contribution in [0.1, 0.15) is 19.8 Å². The molecule has 3 N–H and O–H groups in total. The summed E-state index contributed by atoms with van der Waals surface area (Å²) in [4.78, 5) is 15.4. The highest BCUT2D eigenvalue weighted by molar-refractivity contribution is 5.94. The zero-order chi connectivity index (χ0) is 17.2. The lowest BCUT2D eigenvalue weighted by Crippen LogP contribution is -2.34. The molecule has 25 heavy (non-hydrogen) atoms. The number of aromatic nitrogens is 3. The van der Waals surface area contributed by atoms with E-state index in [0.717, 1.165) is 41.4 Å². The topological polar surface area (TPSA) is 80.0 Å². The minimum Gasteiger partial charge on any atom is -0.393 e. The molecule has 0 radical (unpaired) electrons. The number of pyridine rings is 1. The first-order valence-corrected chi connectivity index (χ1v) is 8.68. The molecule has 0 spiro atoms. The second kappa shape index (κ2) is 6.55. The Morgan fingerprint density at radius 3 is 2.76 bits per heavy atom. The predicted molar refractivity (Wildman–Crippen MR) is 102 cm³/mol. The van der Waals surface area contributed by atoms with Crippen LogP contribution in [0.25, 0.3) is 10.9 Å². The van der Waals surface area contributed by atoms with Crippen molar-refractivity contribution in [2.24, 2.45) is 5.92 Å². The number of fused-ring (bicyclic) bond motifs is 1. The smallest absolute Gasteiger partial charge is 0.159 e. The Morgan fingerprint density at radius 1 is 1.08 bits per heavy atom.